The molecular formula is C30H35N. The predicted molar refractivity (Wildman–Crippen MR) is 136 cm³/mol. The van der Waals surface area contributed by atoms with E-state index >= 15 is 0 Å². The van der Waals surface area contributed by atoms with E-state index in [-0.39, 0.29) is 0 Å². The quantitative estimate of drug-likeness (QED) is 0.214. The van der Waals surface area contributed by atoms with Crippen LogP contribution in [0.2, 0.25) is 0 Å². The number of hydrogen-bond donors (Lipinski definition) is 0. The fraction of sp³-hybridized carbons (Fsp3) is 0.300. The van der Waals surface area contributed by atoms with Gasteiger partial charge in [0.2, 0.25) is 0 Å². The summed E-state index contributed by atoms with van der Waals surface area (Å²) < 4.78 is 0. The van der Waals surface area contributed by atoms with Gasteiger partial charge in [-0.25, -0.2) is 0 Å². The molecule has 1 aliphatic carbocycles. The zero-order valence-corrected chi connectivity index (χ0v) is 19.1. The predicted octanol–water partition coefficient (Wildman–Crippen LogP) is 8.06. The van der Waals surface area contributed by atoms with E-state index in [1.807, 2.05) is 7.05 Å². The van der Waals surface area contributed by atoms with E-state index < -0.39 is 0 Å². The van der Waals surface area contributed by atoms with Crippen LogP contribution in [0.25, 0.3) is 0 Å². The monoisotopic (exact) mass is 409 g/mol. The van der Waals surface area contributed by atoms with Gasteiger partial charge in [-0.2, -0.15) is 0 Å². The molecule has 0 amide bonds. The smallest absolute Gasteiger partial charge is 0.0675 e. The Hall–Kier alpha value is -2.93. The van der Waals surface area contributed by atoms with Gasteiger partial charge in [-0.3, -0.25) is 4.99 Å². The Morgan fingerprint density at radius 2 is 1.65 bits per heavy atom. The van der Waals surface area contributed by atoms with E-state index in [2.05, 4.69) is 92.4 Å². The van der Waals surface area contributed by atoms with Crippen LogP contribution in [-0.2, 0) is 6.42 Å². The van der Waals surface area contributed by atoms with Crippen LogP contribution in [0, 0.1) is 0 Å². The van der Waals surface area contributed by atoms with Crippen LogP contribution in [0.5, 0.6) is 0 Å². The number of aliphatic imine (C=N–C) groups is 1. The highest BCUT2D eigenvalue weighted by atomic mass is 14.7. The van der Waals surface area contributed by atoms with Crippen molar-refractivity contribution in [3.05, 3.63) is 119 Å². The van der Waals surface area contributed by atoms with Crippen LogP contribution in [0.1, 0.15) is 56.6 Å². The number of benzene rings is 2. The molecule has 1 nitrogen and oxygen atoms in total. The maximum absolute atomic E-state index is 4.71. The second kappa shape index (κ2) is 12.1. The maximum atomic E-state index is 4.71. The molecule has 0 saturated carbocycles. The Balaban J connectivity index is 1.83. The molecule has 0 unspecified atom stereocenters. The van der Waals surface area contributed by atoms with Crippen molar-refractivity contribution in [1.29, 1.82) is 0 Å². The minimum Gasteiger partial charge on any atom is -0.288 e. The Labute approximate surface area is 188 Å². The topological polar surface area (TPSA) is 12.4 Å². The van der Waals surface area contributed by atoms with Crippen LogP contribution in [0.15, 0.2) is 113 Å². The Bertz CT molecular complexity index is 972. The lowest BCUT2D eigenvalue weighted by Gasteiger charge is -2.16. The molecule has 0 radical (unpaired) electrons. The highest BCUT2D eigenvalue weighted by Gasteiger charge is 2.12. The summed E-state index contributed by atoms with van der Waals surface area (Å²) in [6, 6.07) is 21.4. The third-order valence-electron chi connectivity index (χ3n) is 5.71. The first-order chi connectivity index (χ1) is 15.2. The van der Waals surface area contributed by atoms with E-state index in [4.69, 9.17) is 4.99 Å². The summed E-state index contributed by atoms with van der Waals surface area (Å²) >= 11 is 0. The van der Waals surface area contributed by atoms with Gasteiger partial charge in [0.05, 0.1) is 5.71 Å². The molecule has 0 N–H and O–H groups in total. The van der Waals surface area contributed by atoms with Gasteiger partial charge in [-0.1, -0.05) is 84.0 Å². The molecule has 0 atom stereocenters. The number of unbranched alkanes of at least 4 members (excludes halogenated alkanes) is 1. The largest absolute Gasteiger partial charge is 0.288 e. The summed E-state index contributed by atoms with van der Waals surface area (Å²) in [6.45, 7) is 6.17. The number of allylic oxidation sites excluding steroid dienone is 7. The number of nitrogens with zero attached hydrogens (tertiary/aromatic N) is 1. The molecule has 2 aromatic rings. The van der Waals surface area contributed by atoms with E-state index in [1.165, 1.54) is 39.8 Å². The zero-order valence-electron chi connectivity index (χ0n) is 19.1. The van der Waals surface area contributed by atoms with Gasteiger partial charge in [0, 0.05) is 7.05 Å². The second-order valence-corrected chi connectivity index (χ2v) is 8.48. The summed E-state index contributed by atoms with van der Waals surface area (Å²) in [6.07, 6.45) is 14.9. The lowest BCUT2D eigenvalue weighted by Crippen LogP contribution is -2.07. The van der Waals surface area contributed by atoms with Gasteiger partial charge in [-0.05, 0) is 80.2 Å². The summed E-state index contributed by atoms with van der Waals surface area (Å²) in [7, 11) is 1.91. The SMILES string of the molecule is C=C(C)CCCCC(=C/C1=CCCC(Cc2ccccc2)=C1)/C(=N\C)c1ccccc1. The van der Waals surface area contributed by atoms with Crippen molar-refractivity contribution >= 4 is 5.71 Å². The molecule has 0 aromatic heterocycles. The first kappa shape index (κ1) is 22.7. The minimum atomic E-state index is 1.04. The first-order valence-electron chi connectivity index (χ1n) is 11.5. The Kier molecular flexibility index (Phi) is 8.84. The van der Waals surface area contributed by atoms with Crippen molar-refractivity contribution in [3.8, 4) is 0 Å². The Morgan fingerprint density at radius 1 is 0.968 bits per heavy atom. The Morgan fingerprint density at radius 3 is 2.32 bits per heavy atom. The molecule has 3 rings (SSSR count). The minimum absolute atomic E-state index is 1.04. The van der Waals surface area contributed by atoms with Crippen LogP contribution in [0.4, 0.5) is 0 Å². The fourth-order valence-electron chi connectivity index (χ4n) is 4.15. The highest BCUT2D eigenvalue weighted by molar-refractivity contribution is 6.12. The average Bonchev–Trinajstić information content (AvgIpc) is 2.78. The molecule has 1 heteroatoms. The molecule has 160 valence electrons. The first-order valence-corrected chi connectivity index (χ1v) is 11.5. The summed E-state index contributed by atoms with van der Waals surface area (Å²) in [5.41, 5.74) is 9.13. The second-order valence-electron chi connectivity index (χ2n) is 8.48. The highest BCUT2D eigenvalue weighted by Crippen LogP contribution is 2.25. The van der Waals surface area contributed by atoms with Crippen molar-refractivity contribution < 1.29 is 0 Å². The number of hydrogen-bond acceptors (Lipinski definition) is 1. The standard InChI is InChI=1S/C30H35N/c1-24(2)13-10-11-20-29(30(31-3)28-18-8-5-9-19-28)23-27-17-12-16-26(22-27)21-25-14-6-4-7-15-25/h4-9,14-15,17-19,22-23H,1,10-13,16,20-21H2,2-3H3/b29-23-,31-30-. The lowest BCUT2D eigenvalue weighted by atomic mass is 9.90. The molecule has 1 aliphatic rings. The molecular weight excluding hydrogens is 374 g/mol. The maximum Gasteiger partial charge on any atom is 0.0675 e. The van der Waals surface area contributed by atoms with Crippen LogP contribution < -0.4 is 0 Å². The van der Waals surface area contributed by atoms with Gasteiger partial charge < -0.3 is 0 Å². The average molecular weight is 410 g/mol. The molecule has 0 heterocycles. The molecule has 0 fully saturated rings. The zero-order chi connectivity index (χ0) is 21.9. The summed E-state index contributed by atoms with van der Waals surface area (Å²) in [4.78, 5) is 4.71. The van der Waals surface area contributed by atoms with Crippen molar-refractivity contribution in [3.63, 3.8) is 0 Å². The van der Waals surface area contributed by atoms with Gasteiger partial charge >= 0.3 is 0 Å². The third kappa shape index (κ3) is 7.36. The van der Waals surface area contributed by atoms with Gasteiger partial charge in [0.15, 0.2) is 0 Å². The molecule has 31 heavy (non-hydrogen) atoms. The van der Waals surface area contributed by atoms with E-state index in [9.17, 15) is 0 Å². The van der Waals surface area contributed by atoms with Crippen LogP contribution in [0.3, 0.4) is 0 Å². The van der Waals surface area contributed by atoms with Crippen molar-refractivity contribution in [2.75, 3.05) is 7.05 Å². The summed E-state index contributed by atoms with van der Waals surface area (Å²) in [5, 5.41) is 0. The van der Waals surface area contributed by atoms with Gasteiger partial charge in [-0.15, -0.1) is 6.58 Å². The van der Waals surface area contributed by atoms with Gasteiger partial charge in [0.25, 0.3) is 0 Å². The van der Waals surface area contributed by atoms with E-state index in [0.29, 0.717) is 0 Å². The number of rotatable bonds is 10. The van der Waals surface area contributed by atoms with Gasteiger partial charge in [0.1, 0.15) is 0 Å². The third-order valence-corrected chi connectivity index (χ3v) is 5.71. The molecule has 0 bridgehead atoms. The van der Waals surface area contributed by atoms with Crippen molar-refractivity contribution in [2.24, 2.45) is 4.99 Å². The van der Waals surface area contributed by atoms with Crippen molar-refractivity contribution in [1.82, 2.24) is 0 Å². The van der Waals surface area contributed by atoms with Crippen LogP contribution >= 0.6 is 0 Å². The molecule has 0 spiro atoms. The molecule has 0 aliphatic heterocycles. The molecule has 0 saturated heterocycles. The van der Waals surface area contributed by atoms with E-state index in [1.54, 1.807) is 0 Å². The lowest BCUT2D eigenvalue weighted by molar-refractivity contribution is 0.735. The van der Waals surface area contributed by atoms with Crippen LogP contribution in [-0.4, -0.2) is 12.8 Å². The fourth-order valence-corrected chi connectivity index (χ4v) is 4.15. The van der Waals surface area contributed by atoms with E-state index in [0.717, 1.165) is 44.2 Å². The summed E-state index contributed by atoms with van der Waals surface area (Å²) in [5.74, 6) is 0. The van der Waals surface area contributed by atoms with Crippen molar-refractivity contribution in [2.45, 2.75) is 51.9 Å². The normalized spacial score (nSPS) is 14.8. The molecule has 2 aromatic carbocycles.